The number of halogens is 3. The number of carboxylic acids is 1. The zero-order valence-corrected chi connectivity index (χ0v) is 18.7. The van der Waals surface area contributed by atoms with E-state index in [0.29, 0.717) is 37.4 Å². The first kappa shape index (κ1) is 25.1. The number of hydrogen-bond donors (Lipinski definition) is 1. The van der Waals surface area contributed by atoms with Crippen molar-refractivity contribution in [1.29, 1.82) is 0 Å². The fourth-order valence-corrected chi connectivity index (χ4v) is 3.27. The van der Waals surface area contributed by atoms with Crippen molar-refractivity contribution in [3.8, 4) is 17.4 Å². The second-order valence-corrected chi connectivity index (χ2v) is 7.76. The summed E-state index contributed by atoms with van der Waals surface area (Å²) in [6.45, 7) is 2.38. The molecule has 3 rings (SSSR count). The predicted molar refractivity (Wildman–Crippen MR) is 119 cm³/mol. The highest BCUT2D eigenvalue weighted by atomic mass is 19.4. The van der Waals surface area contributed by atoms with Crippen LogP contribution in [0.15, 0.2) is 54.4 Å². The summed E-state index contributed by atoms with van der Waals surface area (Å²) in [6.07, 6.45) is 3.92. The molecule has 0 bridgehead atoms. The zero-order valence-electron chi connectivity index (χ0n) is 18.7. The Labute approximate surface area is 195 Å². The molecule has 0 aliphatic heterocycles. The maximum absolute atomic E-state index is 13.1. The molecule has 6 nitrogen and oxygen atoms in total. The number of nitrogens with zero attached hydrogens (tertiary/aromatic N) is 1. The van der Waals surface area contributed by atoms with E-state index in [-0.39, 0.29) is 24.7 Å². The molecule has 1 heterocycles. The maximum atomic E-state index is 13.1. The Bertz CT molecular complexity index is 1060. The highest BCUT2D eigenvalue weighted by molar-refractivity contribution is 5.67. The Morgan fingerprint density at radius 2 is 1.97 bits per heavy atom. The van der Waals surface area contributed by atoms with Crippen molar-refractivity contribution in [3.05, 3.63) is 71.1 Å². The molecule has 1 aliphatic carbocycles. The predicted octanol–water partition coefficient (Wildman–Crippen LogP) is 5.89. The van der Waals surface area contributed by atoms with Gasteiger partial charge in [0.1, 0.15) is 11.5 Å². The van der Waals surface area contributed by atoms with E-state index in [2.05, 4.69) is 4.98 Å². The molecule has 0 saturated carbocycles. The van der Waals surface area contributed by atoms with E-state index in [1.807, 2.05) is 25.1 Å². The van der Waals surface area contributed by atoms with Crippen molar-refractivity contribution in [2.75, 3.05) is 13.2 Å². The topological polar surface area (TPSA) is 77.9 Å². The first-order valence-corrected chi connectivity index (χ1v) is 10.9. The van der Waals surface area contributed by atoms with Gasteiger partial charge in [-0.2, -0.15) is 13.2 Å². The molecular weight excluding hydrogens is 451 g/mol. The summed E-state index contributed by atoms with van der Waals surface area (Å²) in [4.78, 5) is 14.6. The summed E-state index contributed by atoms with van der Waals surface area (Å²) in [5, 5.41) is 8.81. The molecule has 0 amide bonds. The lowest BCUT2D eigenvalue weighted by molar-refractivity contribution is -0.138. The number of hydrogen-bond acceptors (Lipinski definition) is 5. The highest BCUT2D eigenvalue weighted by Gasteiger charge is 2.32. The number of aryl methyl sites for hydroxylation is 2. The zero-order chi connectivity index (χ0) is 24.6. The van der Waals surface area contributed by atoms with Gasteiger partial charge in [0.25, 0.3) is 5.88 Å². The van der Waals surface area contributed by atoms with Gasteiger partial charge < -0.3 is 19.3 Å². The number of ether oxygens (including phenoxy) is 3. The van der Waals surface area contributed by atoms with Gasteiger partial charge in [-0.15, -0.1) is 0 Å². The summed E-state index contributed by atoms with van der Waals surface area (Å²) in [5.41, 5.74) is 0.979. The molecule has 1 aromatic carbocycles. The van der Waals surface area contributed by atoms with Gasteiger partial charge in [0, 0.05) is 31.5 Å². The quantitative estimate of drug-likeness (QED) is 0.407. The molecule has 0 spiro atoms. The third-order valence-corrected chi connectivity index (χ3v) is 5.08. The highest BCUT2D eigenvalue weighted by Crippen LogP contribution is 2.36. The summed E-state index contributed by atoms with van der Waals surface area (Å²) < 4.78 is 56.3. The van der Waals surface area contributed by atoms with Gasteiger partial charge in [-0.1, -0.05) is 18.2 Å². The van der Waals surface area contributed by atoms with Crippen molar-refractivity contribution >= 4 is 5.97 Å². The number of alkyl halides is 3. The van der Waals surface area contributed by atoms with Gasteiger partial charge in [-0.25, -0.2) is 4.98 Å². The van der Waals surface area contributed by atoms with E-state index in [1.54, 1.807) is 18.2 Å². The van der Waals surface area contributed by atoms with Crippen LogP contribution in [0, 0.1) is 6.92 Å². The Morgan fingerprint density at radius 3 is 2.65 bits per heavy atom. The number of carboxylic acid groups (broad SMARTS) is 1. The summed E-state index contributed by atoms with van der Waals surface area (Å²) in [5.74, 6) is 0.250. The van der Waals surface area contributed by atoms with Gasteiger partial charge in [0.05, 0.1) is 18.8 Å². The molecule has 34 heavy (non-hydrogen) atoms. The Kier molecular flexibility index (Phi) is 8.56. The van der Waals surface area contributed by atoms with Crippen LogP contribution in [0.4, 0.5) is 13.2 Å². The average molecular weight is 477 g/mol. The molecule has 1 aromatic heterocycles. The fourth-order valence-electron chi connectivity index (χ4n) is 3.27. The second-order valence-electron chi connectivity index (χ2n) is 7.76. The minimum atomic E-state index is -4.54. The van der Waals surface area contributed by atoms with Crippen LogP contribution in [-0.2, 0) is 17.4 Å². The molecule has 9 heteroatoms. The van der Waals surface area contributed by atoms with Crippen LogP contribution in [0.1, 0.15) is 42.4 Å². The minimum absolute atomic E-state index is 0.0120. The monoisotopic (exact) mass is 477 g/mol. The van der Waals surface area contributed by atoms with Crippen molar-refractivity contribution in [2.24, 2.45) is 0 Å². The van der Waals surface area contributed by atoms with Crippen molar-refractivity contribution in [1.82, 2.24) is 4.98 Å². The van der Waals surface area contributed by atoms with Crippen LogP contribution in [0.5, 0.6) is 17.4 Å². The maximum Gasteiger partial charge on any atom is 0.418 e. The molecule has 0 atom stereocenters. The number of aliphatic carboxylic acids is 1. The van der Waals surface area contributed by atoms with E-state index in [4.69, 9.17) is 19.3 Å². The number of carbonyl (C=O) groups is 1. The van der Waals surface area contributed by atoms with Gasteiger partial charge in [0.15, 0.2) is 5.75 Å². The summed E-state index contributed by atoms with van der Waals surface area (Å²) in [7, 11) is 0. The van der Waals surface area contributed by atoms with Crippen molar-refractivity contribution in [2.45, 2.75) is 45.2 Å². The minimum Gasteiger partial charge on any atom is -0.493 e. The fraction of sp³-hybridized carbons (Fsp3) is 0.360. The molecule has 0 radical (unpaired) electrons. The average Bonchev–Trinajstić information content (AvgIpc) is 2.79. The van der Waals surface area contributed by atoms with E-state index in [9.17, 15) is 18.0 Å². The van der Waals surface area contributed by atoms with E-state index < -0.39 is 17.7 Å². The molecule has 2 aromatic rings. The normalized spacial score (nSPS) is 13.4. The molecule has 1 N–H and O–H groups in total. The molecule has 1 aliphatic rings. The molecule has 0 unspecified atom stereocenters. The van der Waals surface area contributed by atoms with E-state index >= 15 is 0 Å². The third kappa shape index (κ3) is 7.54. The first-order valence-electron chi connectivity index (χ1n) is 10.9. The number of pyridine rings is 1. The molecule has 0 fully saturated rings. The molecule has 182 valence electrons. The number of rotatable bonds is 11. The van der Waals surface area contributed by atoms with Gasteiger partial charge in [0.2, 0.25) is 0 Å². The smallest absolute Gasteiger partial charge is 0.418 e. The van der Waals surface area contributed by atoms with Gasteiger partial charge in [-0.3, -0.25) is 4.79 Å². The summed E-state index contributed by atoms with van der Waals surface area (Å²) in [6, 6.07) is 6.36. The third-order valence-electron chi connectivity index (χ3n) is 5.08. The lowest BCUT2D eigenvalue weighted by atomic mass is 10.0. The Morgan fingerprint density at radius 1 is 1.18 bits per heavy atom. The van der Waals surface area contributed by atoms with Crippen LogP contribution in [0.25, 0.3) is 0 Å². The Balaban J connectivity index is 1.54. The Hall–Kier alpha value is -3.49. The van der Waals surface area contributed by atoms with Crippen molar-refractivity contribution < 1.29 is 37.3 Å². The second kappa shape index (κ2) is 11.6. The van der Waals surface area contributed by atoms with Crippen molar-refractivity contribution in [3.63, 3.8) is 0 Å². The number of benzene rings is 1. The lowest BCUT2D eigenvalue weighted by Crippen LogP contribution is -2.10. The number of allylic oxidation sites excluding steroid dienone is 4. The van der Waals surface area contributed by atoms with E-state index in [0.717, 1.165) is 29.8 Å². The summed E-state index contributed by atoms with van der Waals surface area (Å²) >= 11 is 0. The van der Waals surface area contributed by atoms with E-state index in [1.165, 1.54) is 0 Å². The van der Waals surface area contributed by atoms with Crippen LogP contribution in [0.3, 0.4) is 0 Å². The SMILES string of the molecule is Cc1cc(OCCCOc2ncc(C(F)(F)F)cc2OC2=CC=CCC2)ccc1CCC(=O)O. The largest absolute Gasteiger partial charge is 0.493 e. The van der Waals surface area contributed by atoms with Gasteiger partial charge >= 0.3 is 12.1 Å². The molecule has 0 saturated heterocycles. The number of aromatic nitrogens is 1. The van der Waals surface area contributed by atoms with Crippen LogP contribution in [0.2, 0.25) is 0 Å². The first-order chi connectivity index (χ1) is 16.2. The molecular formula is C25H26F3NO5. The van der Waals surface area contributed by atoms with Crippen LogP contribution >= 0.6 is 0 Å². The standard InChI is InChI=1S/C25H26F3NO5/c1-17-14-21(10-8-18(17)9-11-23(30)31)32-12-5-13-33-24-22(34-20-6-3-2-4-7-20)15-19(16-29-24)25(26,27)28/h2-3,6,8,10,14-16H,4-5,7,9,11-13H2,1H3,(H,30,31). The van der Waals surface area contributed by atoms with Crippen LogP contribution < -0.4 is 14.2 Å². The lowest BCUT2D eigenvalue weighted by Gasteiger charge is -2.16. The van der Waals surface area contributed by atoms with Crippen LogP contribution in [-0.4, -0.2) is 29.3 Å². The van der Waals surface area contributed by atoms with Gasteiger partial charge in [-0.05, 0) is 49.1 Å².